The topological polar surface area (TPSA) is 84.2 Å². The molecule has 2 aliphatic rings. The molecule has 0 aliphatic heterocycles. The number of halogens is 1. The highest BCUT2D eigenvalue weighted by molar-refractivity contribution is 5.85. The van der Waals surface area contributed by atoms with Gasteiger partial charge in [0.05, 0.1) is 0 Å². The zero-order valence-corrected chi connectivity index (χ0v) is 16.6. The molecule has 2 amide bonds. The molecule has 146 valence electrons. The van der Waals surface area contributed by atoms with Gasteiger partial charge in [-0.2, -0.15) is 0 Å². The van der Waals surface area contributed by atoms with Crippen LogP contribution in [-0.2, 0) is 9.59 Å². The first-order valence-electron chi connectivity index (χ1n) is 9.69. The number of nitrogens with one attached hydrogen (secondary N) is 2. The fourth-order valence-electron chi connectivity index (χ4n) is 3.90. The number of nitrogens with two attached hydrogens (primary N) is 1. The predicted octanol–water partition coefficient (Wildman–Crippen LogP) is 2.91. The molecular weight excluding hydrogens is 338 g/mol. The average Bonchev–Trinajstić information content (AvgIpc) is 2.53. The van der Waals surface area contributed by atoms with Crippen molar-refractivity contribution in [3.05, 3.63) is 0 Å². The van der Waals surface area contributed by atoms with E-state index in [4.69, 9.17) is 5.73 Å². The second-order valence-electron chi connectivity index (χ2n) is 8.53. The van der Waals surface area contributed by atoms with E-state index < -0.39 is 0 Å². The largest absolute Gasteiger partial charge is 0.354 e. The molecule has 0 bridgehead atoms. The first-order chi connectivity index (χ1) is 11.3. The summed E-state index contributed by atoms with van der Waals surface area (Å²) in [6.45, 7) is 4.32. The molecule has 0 aromatic carbocycles. The maximum Gasteiger partial charge on any atom is 0.223 e. The Morgan fingerprint density at radius 3 is 2.16 bits per heavy atom. The third-order valence-electron chi connectivity index (χ3n) is 5.38. The van der Waals surface area contributed by atoms with Gasteiger partial charge < -0.3 is 16.4 Å². The van der Waals surface area contributed by atoms with Crippen molar-refractivity contribution in [2.24, 2.45) is 17.6 Å². The van der Waals surface area contributed by atoms with Gasteiger partial charge in [-0.05, 0) is 58.3 Å². The number of carbonyl (C=O) groups excluding carboxylic acids is 2. The molecule has 0 aromatic rings. The van der Waals surface area contributed by atoms with E-state index in [2.05, 4.69) is 10.6 Å². The van der Waals surface area contributed by atoms with E-state index in [1.54, 1.807) is 0 Å². The zero-order valence-electron chi connectivity index (χ0n) is 15.8. The smallest absolute Gasteiger partial charge is 0.223 e. The fourth-order valence-corrected chi connectivity index (χ4v) is 3.90. The van der Waals surface area contributed by atoms with Crippen molar-refractivity contribution in [1.82, 2.24) is 10.6 Å². The van der Waals surface area contributed by atoms with Gasteiger partial charge >= 0.3 is 0 Å². The summed E-state index contributed by atoms with van der Waals surface area (Å²) < 4.78 is 0. The lowest BCUT2D eigenvalue weighted by atomic mass is 9.84. The van der Waals surface area contributed by atoms with Crippen LogP contribution >= 0.6 is 12.4 Å². The first kappa shape index (κ1) is 22.2. The van der Waals surface area contributed by atoms with Crippen molar-refractivity contribution in [3.8, 4) is 0 Å². The minimum absolute atomic E-state index is 0. The highest BCUT2D eigenvalue weighted by Gasteiger charge is 2.28. The van der Waals surface area contributed by atoms with Gasteiger partial charge in [-0.1, -0.05) is 19.3 Å². The van der Waals surface area contributed by atoms with Crippen LogP contribution in [0.4, 0.5) is 0 Å². The average molecular weight is 374 g/mol. The van der Waals surface area contributed by atoms with Crippen LogP contribution in [0, 0.1) is 11.8 Å². The number of hydrogen-bond acceptors (Lipinski definition) is 3. The summed E-state index contributed by atoms with van der Waals surface area (Å²) in [4.78, 5) is 24.4. The minimum atomic E-state index is -0.375. The molecule has 0 atom stereocenters. The van der Waals surface area contributed by atoms with Gasteiger partial charge in [-0.3, -0.25) is 9.59 Å². The van der Waals surface area contributed by atoms with Crippen LogP contribution in [-0.4, -0.2) is 29.9 Å². The van der Waals surface area contributed by atoms with Crippen LogP contribution in [0.5, 0.6) is 0 Å². The number of rotatable bonds is 6. The quantitative estimate of drug-likeness (QED) is 0.669. The highest BCUT2D eigenvalue weighted by atomic mass is 35.5. The van der Waals surface area contributed by atoms with E-state index in [-0.39, 0.29) is 41.7 Å². The van der Waals surface area contributed by atoms with Crippen molar-refractivity contribution >= 4 is 24.2 Å². The Hall–Kier alpha value is -0.810. The van der Waals surface area contributed by atoms with Crippen molar-refractivity contribution < 1.29 is 9.59 Å². The van der Waals surface area contributed by atoms with E-state index >= 15 is 0 Å². The van der Waals surface area contributed by atoms with Gasteiger partial charge in [0.15, 0.2) is 0 Å². The second kappa shape index (κ2) is 10.4. The lowest BCUT2D eigenvalue weighted by molar-refractivity contribution is -0.126. The Labute approximate surface area is 158 Å². The maximum atomic E-state index is 12.2. The van der Waals surface area contributed by atoms with Gasteiger partial charge in [-0.25, -0.2) is 0 Å². The minimum Gasteiger partial charge on any atom is -0.354 e. The normalized spacial score (nSPS) is 24.9. The maximum absolute atomic E-state index is 12.2. The molecule has 2 fully saturated rings. The molecule has 5 nitrogen and oxygen atoms in total. The van der Waals surface area contributed by atoms with Crippen molar-refractivity contribution in [1.29, 1.82) is 0 Å². The molecule has 6 heteroatoms. The molecule has 2 aliphatic carbocycles. The van der Waals surface area contributed by atoms with Crippen LogP contribution in [0.1, 0.15) is 78.1 Å². The van der Waals surface area contributed by atoms with E-state index in [0.29, 0.717) is 18.9 Å². The summed E-state index contributed by atoms with van der Waals surface area (Å²) in [6, 6.07) is 0.246. The Balaban J connectivity index is 0.00000312. The lowest BCUT2D eigenvalue weighted by Gasteiger charge is -2.30. The molecule has 2 rings (SSSR count). The molecule has 0 saturated heterocycles. The molecular formula is C19H36ClN3O2. The second-order valence-corrected chi connectivity index (χ2v) is 8.53. The lowest BCUT2D eigenvalue weighted by Crippen LogP contribution is -2.47. The van der Waals surface area contributed by atoms with Crippen molar-refractivity contribution in [2.75, 3.05) is 6.54 Å². The Kier molecular flexibility index (Phi) is 9.22. The van der Waals surface area contributed by atoms with E-state index in [9.17, 15) is 9.59 Å². The first-order valence-corrected chi connectivity index (χ1v) is 9.69. The molecule has 0 spiro atoms. The SMILES string of the molecule is CC(C)(N)CNC(=O)C1CCC(NC(=O)CC2CCCCC2)CC1.Cl. The summed E-state index contributed by atoms with van der Waals surface area (Å²) in [5, 5.41) is 6.14. The number of hydrogen-bond donors (Lipinski definition) is 3. The van der Waals surface area contributed by atoms with Crippen LogP contribution < -0.4 is 16.4 Å². The van der Waals surface area contributed by atoms with Gasteiger partial charge in [0.2, 0.25) is 11.8 Å². The summed E-state index contributed by atoms with van der Waals surface area (Å²) in [5.41, 5.74) is 5.53. The number of amides is 2. The number of carbonyl (C=O) groups is 2. The summed E-state index contributed by atoms with van der Waals surface area (Å²) in [6.07, 6.45) is 10.5. The summed E-state index contributed by atoms with van der Waals surface area (Å²) in [7, 11) is 0. The van der Waals surface area contributed by atoms with Gasteiger partial charge in [0, 0.05) is 30.5 Å². The zero-order chi connectivity index (χ0) is 17.6. The van der Waals surface area contributed by atoms with E-state index in [0.717, 1.165) is 25.7 Å². The van der Waals surface area contributed by atoms with Crippen molar-refractivity contribution in [2.45, 2.75) is 89.6 Å². The molecule has 2 saturated carbocycles. The Morgan fingerprint density at radius 2 is 1.60 bits per heavy atom. The van der Waals surface area contributed by atoms with Gasteiger partial charge in [-0.15, -0.1) is 12.4 Å². The van der Waals surface area contributed by atoms with Crippen molar-refractivity contribution in [3.63, 3.8) is 0 Å². The van der Waals surface area contributed by atoms with E-state index in [1.807, 2.05) is 13.8 Å². The molecule has 25 heavy (non-hydrogen) atoms. The molecule has 0 unspecified atom stereocenters. The highest BCUT2D eigenvalue weighted by Crippen LogP contribution is 2.27. The van der Waals surface area contributed by atoms with Crippen LogP contribution in [0.15, 0.2) is 0 Å². The summed E-state index contributed by atoms with van der Waals surface area (Å²) in [5.74, 6) is 0.972. The van der Waals surface area contributed by atoms with Crippen LogP contribution in [0.25, 0.3) is 0 Å². The molecule has 4 N–H and O–H groups in total. The fraction of sp³-hybridized carbons (Fsp3) is 0.895. The van der Waals surface area contributed by atoms with Crippen LogP contribution in [0.2, 0.25) is 0 Å². The third kappa shape index (κ3) is 8.41. The predicted molar refractivity (Wildman–Crippen MR) is 104 cm³/mol. The third-order valence-corrected chi connectivity index (χ3v) is 5.38. The Bertz CT molecular complexity index is 423. The standard InChI is InChI=1S/C19H35N3O2.ClH/c1-19(2,20)13-21-18(24)15-8-10-16(11-9-15)22-17(23)12-14-6-4-3-5-7-14;/h14-16H,3-13,20H2,1-2H3,(H,21,24)(H,22,23);1H. The van der Waals surface area contributed by atoms with E-state index in [1.165, 1.54) is 32.1 Å². The monoisotopic (exact) mass is 373 g/mol. The molecule has 0 aromatic heterocycles. The van der Waals surface area contributed by atoms with Crippen LogP contribution in [0.3, 0.4) is 0 Å². The van der Waals surface area contributed by atoms with Gasteiger partial charge in [0.1, 0.15) is 0 Å². The molecule has 0 radical (unpaired) electrons. The molecule has 0 heterocycles. The Morgan fingerprint density at radius 1 is 1.00 bits per heavy atom. The van der Waals surface area contributed by atoms with Gasteiger partial charge in [0.25, 0.3) is 0 Å². The summed E-state index contributed by atoms with van der Waals surface area (Å²) >= 11 is 0.